The number of aromatic amines is 1. The van der Waals surface area contributed by atoms with Gasteiger partial charge in [0, 0.05) is 24.2 Å². The zero-order valence-corrected chi connectivity index (χ0v) is 11.4. The smallest absolute Gasteiger partial charge is 0.323 e. The van der Waals surface area contributed by atoms with Gasteiger partial charge >= 0.3 is 5.97 Å². The SMILES string of the molecule is CC(C)(C)OC(=O)[C@H](N)Cc1c[nH]c2cnccc12. The Labute approximate surface area is 112 Å². The van der Waals surface area contributed by atoms with Crippen LogP contribution in [0, 0.1) is 0 Å². The highest BCUT2D eigenvalue weighted by Crippen LogP contribution is 2.18. The van der Waals surface area contributed by atoms with Gasteiger partial charge < -0.3 is 15.5 Å². The Morgan fingerprint density at radius 3 is 2.95 bits per heavy atom. The molecule has 0 aromatic carbocycles. The summed E-state index contributed by atoms with van der Waals surface area (Å²) in [5, 5.41) is 1.04. The first-order valence-electron chi connectivity index (χ1n) is 6.25. The number of carbonyl (C=O) groups excluding carboxylic acids is 1. The zero-order chi connectivity index (χ0) is 14.0. The summed E-state index contributed by atoms with van der Waals surface area (Å²) in [4.78, 5) is 19.0. The molecule has 5 heteroatoms. The van der Waals surface area contributed by atoms with Crippen LogP contribution in [0.5, 0.6) is 0 Å². The lowest BCUT2D eigenvalue weighted by atomic mass is 10.1. The molecule has 0 aliphatic rings. The summed E-state index contributed by atoms with van der Waals surface area (Å²) >= 11 is 0. The number of nitrogens with one attached hydrogen (secondary N) is 1. The molecule has 0 fully saturated rings. The standard InChI is InChI=1S/C14H19N3O2/c1-14(2,3)19-13(18)11(15)6-9-7-17-12-8-16-5-4-10(9)12/h4-5,7-8,11,17H,6,15H2,1-3H3/t11-/m1/s1. The first-order valence-corrected chi connectivity index (χ1v) is 6.25. The first kappa shape index (κ1) is 13.5. The van der Waals surface area contributed by atoms with Crippen LogP contribution in [0.1, 0.15) is 26.3 Å². The minimum Gasteiger partial charge on any atom is -0.459 e. The van der Waals surface area contributed by atoms with Crippen molar-refractivity contribution in [2.75, 3.05) is 0 Å². The minimum atomic E-state index is -0.661. The average Bonchev–Trinajstić information content (AvgIpc) is 2.70. The number of pyridine rings is 1. The number of rotatable bonds is 3. The predicted molar refractivity (Wildman–Crippen MR) is 73.6 cm³/mol. The van der Waals surface area contributed by atoms with E-state index in [4.69, 9.17) is 10.5 Å². The van der Waals surface area contributed by atoms with Gasteiger partial charge in [0.15, 0.2) is 0 Å². The maximum atomic E-state index is 11.9. The van der Waals surface area contributed by atoms with Gasteiger partial charge in [-0.15, -0.1) is 0 Å². The van der Waals surface area contributed by atoms with Crippen molar-refractivity contribution in [2.45, 2.75) is 38.8 Å². The molecule has 1 atom stereocenters. The Hall–Kier alpha value is -1.88. The maximum Gasteiger partial charge on any atom is 0.323 e. The lowest BCUT2D eigenvalue weighted by molar-refractivity contribution is -0.156. The molecular formula is C14H19N3O2. The summed E-state index contributed by atoms with van der Waals surface area (Å²) < 4.78 is 5.27. The summed E-state index contributed by atoms with van der Waals surface area (Å²) in [6, 6.07) is 1.24. The second-order valence-corrected chi connectivity index (χ2v) is 5.58. The molecule has 0 amide bonds. The van der Waals surface area contributed by atoms with E-state index < -0.39 is 11.6 Å². The van der Waals surface area contributed by atoms with Crippen molar-refractivity contribution < 1.29 is 9.53 Å². The number of aromatic nitrogens is 2. The fraction of sp³-hybridized carbons (Fsp3) is 0.429. The minimum absolute atomic E-state index is 0.379. The highest BCUT2D eigenvalue weighted by atomic mass is 16.6. The van der Waals surface area contributed by atoms with Crippen LogP contribution in [0.2, 0.25) is 0 Å². The molecule has 2 heterocycles. The van der Waals surface area contributed by atoms with Gasteiger partial charge in [0.1, 0.15) is 11.6 Å². The third-order valence-electron chi connectivity index (χ3n) is 2.72. The monoisotopic (exact) mass is 261 g/mol. The highest BCUT2D eigenvalue weighted by molar-refractivity contribution is 5.83. The molecule has 0 saturated heterocycles. The Morgan fingerprint density at radius 1 is 1.53 bits per heavy atom. The number of nitrogens with zero attached hydrogens (tertiary/aromatic N) is 1. The number of hydrogen-bond donors (Lipinski definition) is 2. The predicted octanol–water partition coefficient (Wildman–Crippen LogP) is 1.77. The molecule has 0 saturated carbocycles. The highest BCUT2D eigenvalue weighted by Gasteiger charge is 2.23. The molecule has 102 valence electrons. The third-order valence-corrected chi connectivity index (χ3v) is 2.72. The van der Waals surface area contributed by atoms with Gasteiger partial charge in [0.25, 0.3) is 0 Å². The lowest BCUT2D eigenvalue weighted by Gasteiger charge is -2.22. The Bertz CT molecular complexity index is 584. The molecular weight excluding hydrogens is 242 g/mol. The van der Waals surface area contributed by atoms with Crippen LogP contribution in [0.25, 0.3) is 10.9 Å². The van der Waals surface area contributed by atoms with Crippen LogP contribution < -0.4 is 5.73 Å². The second kappa shape index (κ2) is 5.01. The molecule has 0 bridgehead atoms. The number of nitrogens with two attached hydrogens (primary N) is 1. The van der Waals surface area contributed by atoms with E-state index in [1.165, 1.54) is 0 Å². The first-order chi connectivity index (χ1) is 8.87. The molecule has 3 N–H and O–H groups in total. The van der Waals surface area contributed by atoms with Crippen LogP contribution >= 0.6 is 0 Å². The number of H-pyrrole nitrogens is 1. The van der Waals surface area contributed by atoms with Crippen molar-refractivity contribution in [1.82, 2.24) is 9.97 Å². The van der Waals surface area contributed by atoms with Crippen LogP contribution in [0.3, 0.4) is 0 Å². The molecule has 2 aromatic rings. The van der Waals surface area contributed by atoms with E-state index in [1.54, 1.807) is 12.4 Å². The Balaban J connectivity index is 2.10. The van der Waals surface area contributed by atoms with Crippen molar-refractivity contribution in [3.05, 3.63) is 30.2 Å². The summed E-state index contributed by atoms with van der Waals surface area (Å²) in [6.07, 6.45) is 5.77. The van der Waals surface area contributed by atoms with Crippen molar-refractivity contribution in [3.63, 3.8) is 0 Å². The van der Waals surface area contributed by atoms with E-state index in [2.05, 4.69) is 9.97 Å². The van der Waals surface area contributed by atoms with Gasteiger partial charge in [-0.1, -0.05) is 0 Å². The van der Waals surface area contributed by atoms with Gasteiger partial charge in [0.2, 0.25) is 0 Å². The van der Waals surface area contributed by atoms with Gasteiger partial charge in [-0.25, -0.2) is 0 Å². The van der Waals surface area contributed by atoms with Gasteiger partial charge in [0.05, 0.1) is 11.7 Å². The van der Waals surface area contributed by atoms with Gasteiger partial charge in [-0.2, -0.15) is 0 Å². The molecule has 5 nitrogen and oxygen atoms in total. The third kappa shape index (κ3) is 3.32. The normalized spacial score (nSPS) is 13.5. The second-order valence-electron chi connectivity index (χ2n) is 5.58. The summed E-state index contributed by atoms with van der Waals surface area (Å²) in [5.41, 5.74) is 7.32. The van der Waals surface area contributed by atoms with E-state index >= 15 is 0 Å². The topological polar surface area (TPSA) is 81.0 Å². The van der Waals surface area contributed by atoms with Crippen molar-refractivity contribution in [2.24, 2.45) is 5.73 Å². The molecule has 0 aliphatic carbocycles. The summed E-state index contributed by atoms with van der Waals surface area (Å²) in [5.74, 6) is -0.379. The van der Waals surface area contributed by atoms with Crippen LogP contribution in [-0.2, 0) is 16.0 Å². The average molecular weight is 261 g/mol. The fourth-order valence-corrected chi connectivity index (χ4v) is 1.90. The van der Waals surface area contributed by atoms with Crippen molar-refractivity contribution in [1.29, 1.82) is 0 Å². The van der Waals surface area contributed by atoms with E-state index in [0.717, 1.165) is 16.5 Å². The van der Waals surface area contributed by atoms with Crippen LogP contribution in [-0.4, -0.2) is 27.6 Å². The van der Waals surface area contributed by atoms with E-state index in [1.807, 2.05) is 33.0 Å². The number of esters is 1. The van der Waals surface area contributed by atoms with E-state index in [9.17, 15) is 4.79 Å². The number of fused-ring (bicyclic) bond motifs is 1. The summed E-state index contributed by atoms with van der Waals surface area (Å²) in [7, 11) is 0. The molecule has 0 unspecified atom stereocenters. The molecule has 2 aromatic heterocycles. The lowest BCUT2D eigenvalue weighted by Crippen LogP contribution is -2.38. The van der Waals surface area contributed by atoms with Gasteiger partial charge in [-0.3, -0.25) is 9.78 Å². The molecule has 19 heavy (non-hydrogen) atoms. The van der Waals surface area contributed by atoms with Crippen molar-refractivity contribution >= 4 is 16.9 Å². The van der Waals surface area contributed by atoms with Gasteiger partial charge in [-0.05, 0) is 32.4 Å². The van der Waals surface area contributed by atoms with Crippen LogP contribution in [0.15, 0.2) is 24.7 Å². The van der Waals surface area contributed by atoms with E-state index in [-0.39, 0.29) is 5.97 Å². The maximum absolute atomic E-state index is 11.9. The number of carbonyl (C=O) groups is 1. The molecule has 0 aliphatic heterocycles. The fourth-order valence-electron chi connectivity index (χ4n) is 1.90. The van der Waals surface area contributed by atoms with Crippen LogP contribution in [0.4, 0.5) is 0 Å². The molecule has 0 spiro atoms. The quantitative estimate of drug-likeness (QED) is 0.825. The Kier molecular flexibility index (Phi) is 3.57. The zero-order valence-electron chi connectivity index (χ0n) is 11.4. The number of hydrogen-bond acceptors (Lipinski definition) is 4. The molecule has 0 radical (unpaired) electrons. The largest absolute Gasteiger partial charge is 0.459 e. The van der Waals surface area contributed by atoms with E-state index in [0.29, 0.717) is 6.42 Å². The van der Waals surface area contributed by atoms with Crippen molar-refractivity contribution in [3.8, 4) is 0 Å². The summed E-state index contributed by atoms with van der Waals surface area (Å²) in [6.45, 7) is 5.49. The number of ether oxygens (including phenoxy) is 1. The molecule has 2 rings (SSSR count). The Morgan fingerprint density at radius 2 is 2.26 bits per heavy atom.